The number of hydrogen-bond acceptors (Lipinski definition) is 6. The first kappa shape index (κ1) is 31.3. The molecule has 1 saturated carbocycles. The van der Waals surface area contributed by atoms with Gasteiger partial charge in [-0.2, -0.15) is 0 Å². The summed E-state index contributed by atoms with van der Waals surface area (Å²) in [7, 11) is 0. The number of nitrogens with two attached hydrogens (primary N) is 1. The van der Waals surface area contributed by atoms with Crippen LogP contribution in [0.2, 0.25) is 0 Å². The molecule has 3 aromatic carbocycles. The van der Waals surface area contributed by atoms with Gasteiger partial charge < -0.3 is 30.9 Å². The number of fused-ring (bicyclic) bond motifs is 2. The second-order valence-corrected chi connectivity index (χ2v) is 12.7. The van der Waals surface area contributed by atoms with E-state index < -0.39 is 0 Å². The topological polar surface area (TPSA) is 134 Å². The van der Waals surface area contributed by atoms with E-state index in [0.717, 1.165) is 54.5 Å². The Bertz CT molecular complexity index is 1630. The molecule has 1 atom stereocenters. The van der Waals surface area contributed by atoms with Gasteiger partial charge in [-0.1, -0.05) is 25.1 Å². The number of amides is 4. The average molecular weight is 624 g/mol. The van der Waals surface area contributed by atoms with Gasteiger partial charge in [0.2, 0.25) is 5.91 Å². The van der Waals surface area contributed by atoms with Crippen molar-refractivity contribution < 1.29 is 23.9 Å². The van der Waals surface area contributed by atoms with Crippen molar-refractivity contribution in [2.75, 3.05) is 30.3 Å². The van der Waals surface area contributed by atoms with Crippen LogP contribution in [0.4, 0.5) is 11.4 Å². The molecule has 0 spiro atoms. The third kappa shape index (κ3) is 7.39. The van der Waals surface area contributed by atoms with Crippen LogP contribution in [0.15, 0.2) is 60.7 Å². The number of carbonyl (C=O) groups excluding carboxylic acids is 4. The fraction of sp³-hybridized carbons (Fsp3) is 0.389. The maximum atomic E-state index is 13.5. The first-order valence-corrected chi connectivity index (χ1v) is 16.1. The number of rotatable bonds is 11. The van der Waals surface area contributed by atoms with Crippen molar-refractivity contribution in [2.24, 2.45) is 11.7 Å². The number of nitrogens with one attached hydrogen (secondary N) is 2. The monoisotopic (exact) mass is 623 g/mol. The molecule has 0 unspecified atom stereocenters. The van der Waals surface area contributed by atoms with E-state index >= 15 is 0 Å². The molecule has 240 valence electrons. The second-order valence-electron chi connectivity index (χ2n) is 12.7. The highest BCUT2D eigenvalue weighted by atomic mass is 16.5. The van der Waals surface area contributed by atoms with Crippen LogP contribution < -0.4 is 21.1 Å². The van der Waals surface area contributed by atoms with Crippen LogP contribution in [0.5, 0.6) is 5.75 Å². The summed E-state index contributed by atoms with van der Waals surface area (Å²) in [4.78, 5) is 54.8. The number of nitrogens with zero attached hydrogens (tertiary/aromatic N) is 2. The summed E-state index contributed by atoms with van der Waals surface area (Å²) in [5.74, 6) is 0.488. The van der Waals surface area contributed by atoms with Crippen LogP contribution in [0.3, 0.4) is 0 Å². The molecule has 2 heterocycles. The molecule has 0 bridgehead atoms. The molecule has 4 amide bonds. The van der Waals surface area contributed by atoms with Crippen LogP contribution in [-0.4, -0.2) is 59.2 Å². The van der Waals surface area contributed by atoms with Crippen LogP contribution in [0.25, 0.3) is 0 Å². The molecule has 46 heavy (non-hydrogen) atoms. The van der Waals surface area contributed by atoms with Crippen molar-refractivity contribution in [1.82, 2.24) is 9.80 Å². The van der Waals surface area contributed by atoms with Gasteiger partial charge in [0, 0.05) is 48.9 Å². The summed E-state index contributed by atoms with van der Waals surface area (Å²) in [5, 5.41) is 5.76. The van der Waals surface area contributed by atoms with E-state index in [1.807, 2.05) is 40.1 Å². The van der Waals surface area contributed by atoms with Crippen molar-refractivity contribution in [1.29, 1.82) is 0 Å². The fourth-order valence-electron chi connectivity index (χ4n) is 6.13. The van der Waals surface area contributed by atoms with Crippen molar-refractivity contribution in [3.8, 4) is 5.75 Å². The molecule has 4 N–H and O–H groups in total. The number of ether oxygens (including phenoxy) is 1. The molecular formula is C36H41N5O5. The van der Waals surface area contributed by atoms with Gasteiger partial charge in [-0.3, -0.25) is 19.2 Å². The summed E-state index contributed by atoms with van der Waals surface area (Å²) in [6, 6.07) is 18.5. The maximum Gasteiger partial charge on any atom is 0.262 e. The molecule has 1 fully saturated rings. The molecule has 10 nitrogen and oxygen atoms in total. The van der Waals surface area contributed by atoms with E-state index in [1.165, 1.54) is 0 Å². The van der Waals surface area contributed by atoms with Gasteiger partial charge in [-0.25, -0.2) is 0 Å². The largest absolute Gasteiger partial charge is 0.482 e. The van der Waals surface area contributed by atoms with Crippen molar-refractivity contribution in [2.45, 2.75) is 64.6 Å². The van der Waals surface area contributed by atoms with E-state index in [0.29, 0.717) is 61.1 Å². The van der Waals surface area contributed by atoms with Gasteiger partial charge in [-0.15, -0.1) is 0 Å². The number of hydrogen-bond donors (Lipinski definition) is 3. The summed E-state index contributed by atoms with van der Waals surface area (Å²) >= 11 is 0. The smallest absolute Gasteiger partial charge is 0.262 e. The van der Waals surface area contributed by atoms with Gasteiger partial charge >= 0.3 is 0 Å². The predicted octanol–water partition coefficient (Wildman–Crippen LogP) is 4.72. The Labute approximate surface area is 269 Å². The van der Waals surface area contributed by atoms with Crippen LogP contribution >= 0.6 is 0 Å². The third-order valence-electron chi connectivity index (χ3n) is 8.93. The molecule has 3 aromatic rings. The van der Waals surface area contributed by atoms with E-state index in [2.05, 4.69) is 17.6 Å². The van der Waals surface area contributed by atoms with Gasteiger partial charge in [0.25, 0.3) is 17.7 Å². The molecule has 0 aromatic heterocycles. The predicted molar refractivity (Wildman–Crippen MR) is 175 cm³/mol. The van der Waals surface area contributed by atoms with Gasteiger partial charge in [0.15, 0.2) is 6.61 Å². The van der Waals surface area contributed by atoms with Gasteiger partial charge in [-0.05, 0) is 104 Å². The molecule has 2 aliphatic heterocycles. The van der Waals surface area contributed by atoms with Crippen LogP contribution in [0.1, 0.15) is 76.4 Å². The quantitative estimate of drug-likeness (QED) is 0.283. The molecule has 0 saturated heterocycles. The van der Waals surface area contributed by atoms with Crippen molar-refractivity contribution in [3.05, 3.63) is 88.5 Å². The lowest BCUT2D eigenvalue weighted by molar-refractivity contribution is -0.133. The Hall–Kier alpha value is -4.70. The lowest BCUT2D eigenvalue weighted by Crippen LogP contribution is -2.36. The minimum Gasteiger partial charge on any atom is -0.482 e. The Balaban J connectivity index is 1.05. The Morgan fingerprint density at radius 2 is 1.83 bits per heavy atom. The Morgan fingerprint density at radius 1 is 1.04 bits per heavy atom. The standard InChI is InChI=1S/C36H41N5O5/c1-23(3-2-15-37)17-34(43)40-16-14-26-18-29(10-8-28(26)21-40)38-35(44)25-6-4-24(5-7-25)20-41(30-11-12-30)36(45)27-9-13-31-32(19-27)46-22-33(42)39-31/h4-10,13,18-19,23,30H,2-3,11-12,14-17,20-22,37H2,1H3,(H,38,44)(H,39,42)/t23-/m0/s1. The molecule has 1 aliphatic carbocycles. The number of carbonyl (C=O) groups is 4. The lowest BCUT2D eigenvalue weighted by Gasteiger charge is -2.30. The first-order valence-electron chi connectivity index (χ1n) is 16.1. The minimum absolute atomic E-state index is 0.0692. The average Bonchev–Trinajstić information content (AvgIpc) is 3.91. The zero-order valence-corrected chi connectivity index (χ0v) is 26.2. The van der Waals surface area contributed by atoms with E-state index in [9.17, 15) is 19.2 Å². The second kappa shape index (κ2) is 13.7. The van der Waals surface area contributed by atoms with Crippen molar-refractivity contribution in [3.63, 3.8) is 0 Å². The number of benzene rings is 3. The normalized spacial score (nSPS) is 16.0. The fourth-order valence-corrected chi connectivity index (χ4v) is 6.13. The summed E-state index contributed by atoms with van der Waals surface area (Å²) in [5.41, 5.74) is 11.1. The molecule has 0 radical (unpaired) electrons. The molecule has 10 heteroatoms. The highest BCUT2D eigenvalue weighted by Gasteiger charge is 2.33. The SMILES string of the molecule is C[C@@H](CCCN)CC(=O)N1CCc2cc(NC(=O)c3ccc(CN(C(=O)c4ccc5c(c4)OCC(=O)N5)C4CC4)cc3)ccc2C1. The Kier molecular flexibility index (Phi) is 9.35. The Morgan fingerprint density at radius 3 is 2.59 bits per heavy atom. The van der Waals surface area contributed by atoms with Gasteiger partial charge in [0.1, 0.15) is 5.75 Å². The highest BCUT2D eigenvalue weighted by molar-refractivity contribution is 6.04. The molecular weight excluding hydrogens is 582 g/mol. The summed E-state index contributed by atoms with van der Waals surface area (Å²) in [6.45, 7) is 4.38. The zero-order chi connectivity index (χ0) is 32.2. The zero-order valence-electron chi connectivity index (χ0n) is 26.2. The van der Waals surface area contributed by atoms with E-state index in [1.54, 1.807) is 30.3 Å². The van der Waals surface area contributed by atoms with E-state index in [4.69, 9.17) is 10.5 Å². The van der Waals surface area contributed by atoms with E-state index in [-0.39, 0.29) is 36.3 Å². The lowest BCUT2D eigenvalue weighted by atomic mass is 9.96. The first-order chi connectivity index (χ1) is 22.3. The minimum atomic E-state index is -0.216. The molecule has 6 rings (SSSR count). The third-order valence-corrected chi connectivity index (χ3v) is 8.93. The highest BCUT2D eigenvalue weighted by Crippen LogP contribution is 2.33. The maximum absolute atomic E-state index is 13.5. The van der Waals surface area contributed by atoms with Crippen molar-refractivity contribution >= 4 is 35.0 Å². The van der Waals surface area contributed by atoms with Crippen LogP contribution in [0, 0.1) is 5.92 Å². The van der Waals surface area contributed by atoms with Gasteiger partial charge in [0.05, 0.1) is 5.69 Å². The number of anilines is 2. The summed E-state index contributed by atoms with van der Waals surface area (Å²) in [6.07, 6.45) is 5.10. The van der Waals surface area contributed by atoms with Crippen LogP contribution in [-0.2, 0) is 29.1 Å². The molecule has 3 aliphatic rings. The summed E-state index contributed by atoms with van der Waals surface area (Å²) < 4.78 is 5.50.